The second-order valence-electron chi connectivity index (χ2n) is 6.67. The number of hydrogen-bond acceptors (Lipinski definition) is 4. The summed E-state index contributed by atoms with van der Waals surface area (Å²) in [5.41, 5.74) is 7.91. The number of amides is 1. The summed E-state index contributed by atoms with van der Waals surface area (Å²) in [4.78, 5) is 22.3. The summed E-state index contributed by atoms with van der Waals surface area (Å²) >= 11 is 1.63. The third kappa shape index (κ3) is 3.53. The molecule has 1 aliphatic heterocycles. The van der Waals surface area contributed by atoms with E-state index in [1.54, 1.807) is 11.8 Å². The van der Waals surface area contributed by atoms with Crippen LogP contribution in [0, 0.1) is 5.41 Å². The summed E-state index contributed by atoms with van der Waals surface area (Å²) in [7, 11) is 0. The van der Waals surface area contributed by atoms with E-state index in [-0.39, 0.29) is 16.6 Å². The van der Waals surface area contributed by atoms with Crippen LogP contribution >= 0.6 is 11.8 Å². The molecule has 1 aromatic heterocycles. The van der Waals surface area contributed by atoms with E-state index in [0.29, 0.717) is 12.3 Å². The smallest absolute Gasteiger partial charge is 0.232 e. The molecule has 0 bridgehead atoms. The highest BCUT2D eigenvalue weighted by Gasteiger charge is 2.34. The Morgan fingerprint density at radius 3 is 3.00 bits per heavy atom. The maximum Gasteiger partial charge on any atom is 0.232 e. The largest absolute Gasteiger partial charge is 0.341 e. The van der Waals surface area contributed by atoms with Gasteiger partial charge in [-0.15, -0.1) is 11.8 Å². The highest BCUT2D eigenvalue weighted by molar-refractivity contribution is 8.00. The first-order chi connectivity index (χ1) is 11.0. The molecule has 23 heavy (non-hydrogen) atoms. The molecule has 1 amide bonds. The van der Waals surface area contributed by atoms with E-state index in [9.17, 15) is 4.79 Å². The van der Waals surface area contributed by atoms with Crippen LogP contribution in [0.2, 0.25) is 0 Å². The highest BCUT2D eigenvalue weighted by Crippen LogP contribution is 2.31. The number of imidazole rings is 1. The first-order valence-electron chi connectivity index (χ1n) is 8.05. The quantitative estimate of drug-likeness (QED) is 0.882. The zero-order valence-corrected chi connectivity index (χ0v) is 14.5. The molecule has 0 saturated carbocycles. The first kappa shape index (κ1) is 16.3. The lowest BCUT2D eigenvalue weighted by atomic mass is 9.90. The van der Waals surface area contributed by atoms with Gasteiger partial charge < -0.3 is 15.6 Å². The Labute approximate surface area is 141 Å². The standard InChI is InChI=1S/C17H24N4OS/c1-12(16-19-13-5-3-4-6-14(13)20-16)23-9-15(22)21-8-7-17(2,10-18)11-21/h3-6,12H,7-11,18H2,1-2H3,(H,19,20). The summed E-state index contributed by atoms with van der Waals surface area (Å²) in [6.45, 7) is 6.49. The normalized spacial score (nSPS) is 22.7. The molecule has 6 heteroatoms. The predicted octanol–water partition coefficient (Wildman–Crippen LogP) is 2.55. The maximum atomic E-state index is 12.4. The summed E-state index contributed by atoms with van der Waals surface area (Å²) in [5, 5.41) is 0.162. The van der Waals surface area contributed by atoms with Gasteiger partial charge in [0, 0.05) is 13.1 Å². The molecule has 124 valence electrons. The molecule has 2 unspecified atom stereocenters. The van der Waals surface area contributed by atoms with Crippen molar-refractivity contribution in [3.8, 4) is 0 Å². The van der Waals surface area contributed by atoms with E-state index < -0.39 is 0 Å². The number of hydrogen-bond donors (Lipinski definition) is 2. The summed E-state index contributed by atoms with van der Waals surface area (Å²) in [6.07, 6.45) is 0.999. The zero-order chi connectivity index (χ0) is 16.4. The molecular formula is C17H24N4OS. The Morgan fingerprint density at radius 2 is 2.30 bits per heavy atom. The molecule has 5 nitrogen and oxygen atoms in total. The fourth-order valence-corrected chi connectivity index (χ4v) is 3.78. The van der Waals surface area contributed by atoms with Crippen molar-refractivity contribution >= 4 is 28.7 Å². The molecule has 1 aliphatic rings. The van der Waals surface area contributed by atoms with Crippen LogP contribution in [0.25, 0.3) is 11.0 Å². The second kappa shape index (κ2) is 6.53. The minimum atomic E-state index is 0.0880. The number of rotatable bonds is 5. The molecule has 0 aliphatic carbocycles. The van der Waals surface area contributed by atoms with Gasteiger partial charge in [-0.1, -0.05) is 19.1 Å². The molecule has 2 atom stereocenters. The van der Waals surface area contributed by atoms with Gasteiger partial charge in [-0.25, -0.2) is 4.98 Å². The lowest BCUT2D eigenvalue weighted by molar-refractivity contribution is -0.127. The molecule has 0 spiro atoms. The number of aromatic amines is 1. The molecule has 0 radical (unpaired) electrons. The van der Waals surface area contributed by atoms with E-state index in [0.717, 1.165) is 36.4 Å². The average Bonchev–Trinajstić information content (AvgIpc) is 3.16. The summed E-state index contributed by atoms with van der Waals surface area (Å²) in [6, 6.07) is 7.99. The van der Waals surface area contributed by atoms with E-state index in [1.807, 2.05) is 29.2 Å². The number of nitrogens with one attached hydrogen (secondary N) is 1. The number of benzene rings is 1. The van der Waals surface area contributed by atoms with Gasteiger partial charge >= 0.3 is 0 Å². The monoisotopic (exact) mass is 332 g/mol. The van der Waals surface area contributed by atoms with Gasteiger partial charge in [0.1, 0.15) is 5.82 Å². The fourth-order valence-electron chi connectivity index (χ4n) is 2.93. The number of fused-ring (bicyclic) bond motifs is 1. The van der Waals surface area contributed by atoms with Gasteiger partial charge in [-0.3, -0.25) is 4.79 Å². The van der Waals surface area contributed by atoms with Crippen LogP contribution < -0.4 is 5.73 Å². The minimum absolute atomic E-state index is 0.0880. The van der Waals surface area contributed by atoms with Crippen LogP contribution in [0.3, 0.4) is 0 Å². The number of aromatic nitrogens is 2. The number of likely N-dealkylation sites (tertiary alicyclic amines) is 1. The maximum absolute atomic E-state index is 12.4. The van der Waals surface area contributed by atoms with Crippen molar-refractivity contribution in [3.05, 3.63) is 30.1 Å². The minimum Gasteiger partial charge on any atom is -0.341 e. The van der Waals surface area contributed by atoms with Crippen molar-refractivity contribution in [1.82, 2.24) is 14.9 Å². The molecule has 2 aromatic rings. The third-order valence-corrected chi connectivity index (χ3v) is 5.79. The van der Waals surface area contributed by atoms with Crippen molar-refractivity contribution in [2.75, 3.05) is 25.4 Å². The zero-order valence-electron chi connectivity index (χ0n) is 13.7. The lowest BCUT2D eigenvalue weighted by Crippen LogP contribution is -2.35. The van der Waals surface area contributed by atoms with Gasteiger partial charge in [-0.05, 0) is 37.4 Å². The third-order valence-electron chi connectivity index (χ3n) is 4.65. The Balaban J connectivity index is 1.56. The van der Waals surface area contributed by atoms with Crippen LogP contribution in [-0.4, -0.2) is 46.2 Å². The Hall–Kier alpha value is -1.53. The summed E-state index contributed by atoms with van der Waals surface area (Å²) in [5.74, 6) is 1.62. The van der Waals surface area contributed by atoms with Crippen molar-refractivity contribution < 1.29 is 4.79 Å². The van der Waals surface area contributed by atoms with Gasteiger partial charge in [0.25, 0.3) is 0 Å². The molecule has 3 N–H and O–H groups in total. The topological polar surface area (TPSA) is 75.0 Å². The molecule has 3 rings (SSSR count). The van der Waals surface area contributed by atoms with Gasteiger partial charge in [0.05, 0.1) is 22.0 Å². The van der Waals surface area contributed by atoms with Crippen molar-refractivity contribution in [1.29, 1.82) is 0 Å². The van der Waals surface area contributed by atoms with Crippen molar-refractivity contribution in [2.24, 2.45) is 11.1 Å². The Bertz CT molecular complexity index is 668. The molecule has 1 fully saturated rings. The first-order valence-corrected chi connectivity index (χ1v) is 9.10. The Morgan fingerprint density at radius 1 is 1.52 bits per heavy atom. The van der Waals surface area contributed by atoms with E-state index in [1.165, 1.54) is 0 Å². The number of nitrogens with two attached hydrogens (primary N) is 1. The average molecular weight is 332 g/mol. The van der Waals surface area contributed by atoms with Crippen LogP contribution in [0.15, 0.2) is 24.3 Å². The van der Waals surface area contributed by atoms with Crippen LogP contribution in [0.5, 0.6) is 0 Å². The second-order valence-corrected chi connectivity index (χ2v) is 8.00. The SMILES string of the molecule is CC(SCC(=O)N1CCC(C)(CN)C1)c1nc2ccccc2[nH]1. The number of thioether (sulfide) groups is 1. The van der Waals surface area contributed by atoms with Crippen LogP contribution in [-0.2, 0) is 4.79 Å². The van der Waals surface area contributed by atoms with Crippen molar-refractivity contribution in [3.63, 3.8) is 0 Å². The van der Waals surface area contributed by atoms with E-state index in [4.69, 9.17) is 5.73 Å². The number of H-pyrrole nitrogens is 1. The Kier molecular flexibility index (Phi) is 4.64. The fraction of sp³-hybridized carbons (Fsp3) is 0.529. The van der Waals surface area contributed by atoms with Crippen LogP contribution in [0.4, 0.5) is 0 Å². The van der Waals surface area contributed by atoms with Crippen LogP contribution in [0.1, 0.15) is 31.3 Å². The number of carbonyl (C=O) groups excluding carboxylic acids is 1. The number of nitrogens with zero attached hydrogens (tertiary/aromatic N) is 2. The number of carbonyl (C=O) groups is 1. The molecule has 1 aromatic carbocycles. The molecule has 1 saturated heterocycles. The van der Waals surface area contributed by atoms with E-state index in [2.05, 4.69) is 23.8 Å². The van der Waals surface area contributed by atoms with Gasteiger partial charge in [0.2, 0.25) is 5.91 Å². The highest BCUT2D eigenvalue weighted by atomic mass is 32.2. The van der Waals surface area contributed by atoms with Crippen molar-refractivity contribution in [2.45, 2.75) is 25.5 Å². The summed E-state index contributed by atoms with van der Waals surface area (Å²) < 4.78 is 0. The molecular weight excluding hydrogens is 308 g/mol. The molecule has 2 heterocycles. The van der Waals surface area contributed by atoms with Gasteiger partial charge in [0.15, 0.2) is 0 Å². The van der Waals surface area contributed by atoms with E-state index >= 15 is 0 Å². The van der Waals surface area contributed by atoms with Gasteiger partial charge in [-0.2, -0.15) is 0 Å². The number of para-hydroxylation sites is 2. The lowest BCUT2D eigenvalue weighted by Gasteiger charge is -2.22. The predicted molar refractivity (Wildman–Crippen MR) is 95.3 cm³/mol.